The van der Waals surface area contributed by atoms with E-state index in [1.165, 1.54) is 40.6 Å². The summed E-state index contributed by atoms with van der Waals surface area (Å²) in [4.78, 5) is 98.6. The van der Waals surface area contributed by atoms with E-state index in [2.05, 4.69) is 5.32 Å². The van der Waals surface area contributed by atoms with Gasteiger partial charge in [-0.05, 0) is 75.3 Å². The van der Waals surface area contributed by atoms with Gasteiger partial charge in [0.25, 0.3) is 0 Å². The number of nitrogens with one attached hydrogen (secondary N) is 1. The first kappa shape index (κ1) is 52.7. The van der Waals surface area contributed by atoms with Crippen molar-refractivity contribution in [2.24, 2.45) is 28.4 Å². The van der Waals surface area contributed by atoms with Crippen LogP contribution in [0.5, 0.6) is 0 Å². The number of alkyl carbamates (subject to hydrolysis) is 1. The second kappa shape index (κ2) is 20.5. The van der Waals surface area contributed by atoms with E-state index in [4.69, 9.17) is 43.6 Å². The highest BCUT2D eigenvalue weighted by Gasteiger charge is 2.84. The zero-order chi connectivity index (χ0) is 51.0. The highest BCUT2D eigenvalue weighted by Crippen LogP contribution is 2.74. The number of rotatable bonds is 16. The maximum absolute atomic E-state index is 15.7. The molecule has 0 unspecified atom stereocenters. The molecule has 7 rings (SSSR count). The van der Waals surface area contributed by atoms with Crippen molar-refractivity contribution in [3.63, 3.8) is 0 Å². The second-order valence-electron chi connectivity index (χ2n) is 19.9. The average Bonchev–Trinajstić information content (AvgIpc) is 4.02. The standard InChI is InChI=1S/C50H62N2O16S2/c1-27-33(64-43(57)38(65-45(59)61-20-22-70-69-21-19-51)36(30-15-11-9-12-16-30)52-44(58)68-46(4,5)6)25-50(60)41(66-42(56)31-17-13-10-14-18-31)39-48(40(55)37(63-28(2)53)35(27)47(50,7)8)24-32(48)23-34-49(39,26-62-34)67-29(3)54/h9-18,32-34,36-39,41,60H,19-26,51H2,1-8H3,(H,52,58)/t32-,33+,34-,36+,37-,38-,39+,41+,48-,49+,50-/m1/s1. The van der Waals surface area contributed by atoms with E-state index in [0.29, 0.717) is 23.6 Å². The van der Waals surface area contributed by atoms with Crippen molar-refractivity contribution in [1.29, 1.82) is 0 Å². The molecule has 2 bridgehead atoms. The Bertz CT molecular complexity index is 2380. The summed E-state index contributed by atoms with van der Waals surface area (Å²) in [5.41, 5.74) is -1.70. The van der Waals surface area contributed by atoms with Gasteiger partial charge < -0.3 is 54.1 Å². The van der Waals surface area contributed by atoms with E-state index in [9.17, 15) is 29.1 Å². The number of nitrogens with two attached hydrogens (primary N) is 1. The van der Waals surface area contributed by atoms with E-state index in [1.54, 1.807) is 90.1 Å². The molecule has 3 saturated carbocycles. The van der Waals surface area contributed by atoms with Crippen molar-refractivity contribution in [3.05, 3.63) is 82.9 Å². The van der Waals surface area contributed by atoms with Crippen molar-refractivity contribution >= 4 is 63.5 Å². The number of hydrogen-bond donors (Lipinski definition) is 3. The predicted molar refractivity (Wildman–Crippen MR) is 254 cm³/mol. The van der Waals surface area contributed by atoms with E-state index < -0.39 is 124 Å². The molecule has 5 aliphatic rings. The normalized spacial score (nSPS) is 30.1. The third kappa shape index (κ3) is 10.2. The first-order valence-corrected chi connectivity index (χ1v) is 25.7. The van der Waals surface area contributed by atoms with E-state index >= 15 is 9.59 Å². The molecule has 1 amide bonds. The monoisotopic (exact) mass is 1010 g/mol. The topological polar surface area (TPSA) is 252 Å². The fourth-order valence-electron chi connectivity index (χ4n) is 11.0. The van der Waals surface area contributed by atoms with Gasteiger partial charge in [-0.1, -0.05) is 84.0 Å². The number of fused-ring (bicyclic) bond motifs is 4. The summed E-state index contributed by atoms with van der Waals surface area (Å²) < 4.78 is 47.9. The van der Waals surface area contributed by atoms with Crippen molar-refractivity contribution in [2.45, 2.75) is 128 Å². The molecular weight excluding hydrogens is 949 g/mol. The summed E-state index contributed by atoms with van der Waals surface area (Å²) >= 11 is 0. The molecule has 1 saturated heterocycles. The van der Waals surface area contributed by atoms with Crippen LogP contribution in [-0.4, -0.2) is 126 Å². The Labute approximate surface area is 414 Å². The van der Waals surface area contributed by atoms with Crippen LogP contribution in [0.2, 0.25) is 0 Å². The first-order chi connectivity index (χ1) is 33.0. The lowest BCUT2D eigenvalue weighted by Gasteiger charge is -2.64. The number of amides is 1. The van der Waals surface area contributed by atoms with Crippen LogP contribution >= 0.6 is 21.6 Å². The van der Waals surface area contributed by atoms with Gasteiger partial charge in [0.05, 0.1) is 18.1 Å². The lowest BCUT2D eigenvalue weighted by Crippen LogP contribution is -2.78. The largest absolute Gasteiger partial charge is 0.509 e. The number of Topliss-reactive ketones (excluding diaryl/α,β-unsaturated/α-hetero) is 1. The second-order valence-corrected chi connectivity index (χ2v) is 22.6. The molecule has 2 aromatic rings. The van der Waals surface area contributed by atoms with E-state index in [1.807, 2.05) is 0 Å². The quantitative estimate of drug-likeness (QED) is 0.0576. The summed E-state index contributed by atoms with van der Waals surface area (Å²) in [5, 5.41) is 16.6. The number of aliphatic hydroxyl groups is 1. The molecule has 20 heteroatoms. The molecule has 4 aliphatic carbocycles. The molecule has 11 atom stereocenters. The Hall–Kier alpha value is -5.15. The predicted octanol–water partition coefficient (Wildman–Crippen LogP) is 5.97. The Balaban J connectivity index is 1.36. The minimum atomic E-state index is -2.33. The molecule has 380 valence electrons. The number of ketones is 1. The minimum absolute atomic E-state index is 0.0837. The maximum Gasteiger partial charge on any atom is 0.509 e. The zero-order valence-corrected chi connectivity index (χ0v) is 42.1. The Morgan fingerprint density at radius 3 is 2.17 bits per heavy atom. The van der Waals surface area contributed by atoms with Crippen LogP contribution in [0.4, 0.5) is 9.59 Å². The van der Waals surface area contributed by atoms with Gasteiger partial charge in [-0.25, -0.2) is 19.2 Å². The number of hydrogen-bond acceptors (Lipinski definition) is 19. The molecule has 70 heavy (non-hydrogen) atoms. The Morgan fingerprint density at radius 1 is 0.914 bits per heavy atom. The molecule has 4 fully saturated rings. The van der Waals surface area contributed by atoms with E-state index in [0.717, 1.165) is 6.92 Å². The highest BCUT2D eigenvalue weighted by atomic mass is 33.1. The van der Waals surface area contributed by atoms with Gasteiger partial charge in [-0.2, -0.15) is 0 Å². The van der Waals surface area contributed by atoms with Gasteiger partial charge in [0.2, 0.25) is 6.10 Å². The fraction of sp³-hybridized carbons (Fsp3) is 0.580. The van der Waals surface area contributed by atoms with Gasteiger partial charge in [0.15, 0.2) is 17.5 Å². The van der Waals surface area contributed by atoms with Gasteiger partial charge in [-0.3, -0.25) is 14.4 Å². The first-order valence-electron chi connectivity index (χ1n) is 23.3. The minimum Gasteiger partial charge on any atom is -0.455 e. The maximum atomic E-state index is 15.7. The van der Waals surface area contributed by atoms with Gasteiger partial charge in [0, 0.05) is 49.1 Å². The summed E-state index contributed by atoms with van der Waals surface area (Å²) in [7, 11) is 2.89. The Morgan fingerprint density at radius 2 is 1.57 bits per heavy atom. The van der Waals surface area contributed by atoms with E-state index in [-0.39, 0.29) is 42.8 Å². The number of ether oxygens (including phenoxy) is 8. The Kier molecular flexibility index (Phi) is 15.4. The van der Waals surface area contributed by atoms with Crippen molar-refractivity contribution in [3.8, 4) is 0 Å². The molecule has 0 radical (unpaired) electrons. The molecular formula is C50H62N2O16S2. The van der Waals surface area contributed by atoms with Crippen molar-refractivity contribution in [1.82, 2.24) is 5.32 Å². The number of esters is 4. The zero-order valence-electron chi connectivity index (χ0n) is 40.5. The lowest BCUT2D eigenvalue weighted by atomic mass is 9.48. The average molecular weight is 1010 g/mol. The summed E-state index contributed by atoms with van der Waals surface area (Å²) in [6.07, 6.45) is -9.86. The third-order valence-electron chi connectivity index (χ3n) is 14.1. The highest BCUT2D eigenvalue weighted by molar-refractivity contribution is 8.76. The van der Waals surface area contributed by atoms with Crippen LogP contribution in [-0.2, 0) is 57.1 Å². The van der Waals surface area contributed by atoms with Crippen molar-refractivity contribution in [2.75, 3.05) is 31.3 Å². The summed E-state index contributed by atoms with van der Waals surface area (Å²) in [6.45, 7) is 12.2. The smallest absolute Gasteiger partial charge is 0.455 e. The fourth-order valence-corrected chi connectivity index (χ4v) is 12.7. The third-order valence-corrected chi connectivity index (χ3v) is 16.5. The number of carbonyl (C=O) groups excluding carboxylic acids is 7. The molecule has 0 aromatic heterocycles. The van der Waals surface area contributed by atoms with Crippen LogP contribution in [0.3, 0.4) is 0 Å². The van der Waals surface area contributed by atoms with Crippen LogP contribution in [0.1, 0.15) is 96.6 Å². The van der Waals surface area contributed by atoms with Gasteiger partial charge in [0.1, 0.15) is 42.2 Å². The molecule has 4 N–H and O–H groups in total. The van der Waals surface area contributed by atoms with Crippen molar-refractivity contribution < 1.29 is 76.6 Å². The van der Waals surface area contributed by atoms with Gasteiger partial charge in [-0.15, -0.1) is 0 Å². The van der Waals surface area contributed by atoms with Crippen LogP contribution < -0.4 is 11.1 Å². The molecule has 1 spiro atoms. The lowest BCUT2D eigenvalue weighted by molar-refractivity contribution is -0.323. The molecule has 1 heterocycles. The van der Waals surface area contributed by atoms with Gasteiger partial charge >= 0.3 is 36.1 Å². The number of carbonyl (C=O) groups is 7. The summed E-state index contributed by atoms with van der Waals surface area (Å²) in [5.74, 6) is -4.86. The molecule has 18 nitrogen and oxygen atoms in total. The SMILES string of the molecule is CC(=O)O[C@H]1C(=O)[C@]23C[C@H]2C[C@H]2OC[C@@]2(OC(C)=O)[C@H]3[C@H](OC(=O)c2ccccc2)[C@]2(O)C[C@H](OC(=O)[C@H](OC(=O)OCCSSCCN)[C@@H](NC(=O)OC(C)(C)C)c3ccccc3)C(C)=C1C2(C)C. The van der Waals surface area contributed by atoms with Crippen LogP contribution in [0, 0.1) is 22.7 Å². The number of benzene rings is 2. The van der Waals surface area contributed by atoms with Crippen LogP contribution in [0.15, 0.2) is 71.8 Å². The molecule has 2 aromatic carbocycles. The summed E-state index contributed by atoms with van der Waals surface area (Å²) in [6, 6.07) is 14.7. The molecule has 1 aliphatic heterocycles. The van der Waals surface area contributed by atoms with Crippen LogP contribution in [0.25, 0.3) is 0 Å².